The first kappa shape index (κ1) is 14.8. The van der Waals surface area contributed by atoms with Crippen molar-refractivity contribution in [2.45, 2.75) is 46.0 Å². The van der Waals surface area contributed by atoms with Crippen LogP contribution in [-0.2, 0) is 13.5 Å². The zero-order chi connectivity index (χ0) is 14.5. The van der Waals surface area contributed by atoms with Crippen LogP contribution >= 0.6 is 0 Å². The number of nitrogens with one attached hydrogen (secondary N) is 1. The lowest BCUT2D eigenvalue weighted by Crippen LogP contribution is -1.98. The summed E-state index contributed by atoms with van der Waals surface area (Å²) in [7, 11) is 1.97. The predicted octanol–water partition coefficient (Wildman–Crippen LogP) is 2.49. The van der Waals surface area contributed by atoms with Gasteiger partial charge in [0.05, 0.1) is 17.6 Å². The molecule has 20 heavy (non-hydrogen) atoms. The smallest absolute Gasteiger partial charge is 0.106 e. The molecule has 0 aromatic carbocycles. The molecular weight excluding hydrogens is 250 g/mol. The molecule has 0 aliphatic carbocycles. The van der Waals surface area contributed by atoms with Crippen LogP contribution in [-0.4, -0.2) is 26.3 Å². The van der Waals surface area contributed by atoms with Crippen molar-refractivity contribution in [3.05, 3.63) is 23.4 Å². The van der Waals surface area contributed by atoms with E-state index >= 15 is 0 Å². The lowest BCUT2D eigenvalue weighted by Gasteiger charge is -1.99. The van der Waals surface area contributed by atoms with Gasteiger partial charge in [0.1, 0.15) is 5.82 Å². The van der Waals surface area contributed by atoms with Crippen molar-refractivity contribution in [1.82, 2.24) is 19.7 Å². The number of unbranched alkanes of at least 4 members (excludes halogenated alkanes) is 3. The number of imidazole rings is 1. The second kappa shape index (κ2) is 6.70. The number of aromatic nitrogens is 4. The molecule has 2 aromatic rings. The Hall–Kier alpha value is -1.62. The quantitative estimate of drug-likeness (QED) is 0.762. The van der Waals surface area contributed by atoms with Crippen molar-refractivity contribution in [1.29, 1.82) is 0 Å². The van der Waals surface area contributed by atoms with Crippen LogP contribution in [0.3, 0.4) is 0 Å². The molecule has 2 aromatic heterocycles. The normalized spacial score (nSPS) is 11.2. The van der Waals surface area contributed by atoms with Gasteiger partial charge in [-0.25, -0.2) is 4.98 Å². The van der Waals surface area contributed by atoms with Crippen molar-refractivity contribution in [2.75, 3.05) is 6.54 Å². The van der Waals surface area contributed by atoms with E-state index in [9.17, 15) is 0 Å². The molecule has 0 spiro atoms. The van der Waals surface area contributed by atoms with Crippen LogP contribution in [0.15, 0.2) is 6.20 Å². The molecular formula is C15H25N5. The van der Waals surface area contributed by atoms with Crippen LogP contribution in [0.5, 0.6) is 0 Å². The van der Waals surface area contributed by atoms with Gasteiger partial charge in [-0.2, -0.15) is 5.10 Å². The van der Waals surface area contributed by atoms with Crippen molar-refractivity contribution in [3.63, 3.8) is 0 Å². The highest BCUT2D eigenvalue weighted by molar-refractivity contribution is 5.64. The Kier molecular flexibility index (Phi) is 4.95. The maximum atomic E-state index is 5.49. The average Bonchev–Trinajstić information content (AvgIpc) is 2.95. The molecule has 0 atom stereocenters. The molecule has 0 amide bonds. The fourth-order valence-electron chi connectivity index (χ4n) is 2.57. The van der Waals surface area contributed by atoms with E-state index in [1.54, 1.807) is 0 Å². The second-order valence-electron chi connectivity index (χ2n) is 5.37. The molecule has 2 heterocycles. The molecule has 0 aliphatic rings. The van der Waals surface area contributed by atoms with Gasteiger partial charge in [-0.1, -0.05) is 12.8 Å². The minimum Gasteiger partial charge on any atom is -0.342 e. The van der Waals surface area contributed by atoms with Gasteiger partial charge >= 0.3 is 0 Å². The topological polar surface area (TPSA) is 72.5 Å². The number of nitrogens with two attached hydrogens (primary N) is 1. The molecule has 0 fully saturated rings. The summed E-state index contributed by atoms with van der Waals surface area (Å²) >= 11 is 0. The van der Waals surface area contributed by atoms with Crippen LogP contribution in [0.4, 0.5) is 0 Å². The summed E-state index contributed by atoms with van der Waals surface area (Å²) in [6.07, 6.45) is 7.65. The molecule has 2 rings (SSSR count). The Morgan fingerprint density at radius 1 is 1.20 bits per heavy atom. The molecule has 0 aliphatic heterocycles. The third kappa shape index (κ3) is 3.28. The van der Waals surface area contributed by atoms with E-state index in [2.05, 4.69) is 22.0 Å². The zero-order valence-electron chi connectivity index (χ0n) is 12.7. The third-order valence-corrected chi connectivity index (χ3v) is 3.77. The number of aryl methyl sites for hydroxylation is 3. The Balaban J connectivity index is 1.98. The fraction of sp³-hybridized carbons (Fsp3) is 0.600. The highest BCUT2D eigenvalue weighted by Gasteiger charge is 2.13. The number of rotatable bonds is 7. The van der Waals surface area contributed by atoms with Crippen LogP contribution in [0.2, 0.25) is 0 Å². The molecule has 0 saturated carbocycles. The summed E-state index contributed by atoms with van der Waals surface area (Å²) in [5.41, 5.74) is 9.95. The Morgan fingerprint density at radius 2 is 1.95 bits per heavy atom. The second-order valence-corrected chi connectivity index (χ2v) is 5.37. The van der Waals surface area contributed by atoms with Gasteiger partial charge in [-0.15, -0.1) is 0 Å². The monoisotopic (exact) mass is 275 g/mol. The van der Waals surface area contributed by atoms with E-state index in [0.717, 1.165) is 43.0 Å². The Bertz CT molecular complexity index is 553. The third-order valence-electron chi connectivity index (χ3n) is 3.77. The van der Waals surface area contributed by atoms with Crippen LogP contribution in [0.1, 0.15) is 42.9 Å². The summed E-state index contributed by atoms with van der Waals surface area (Å²) in [6, 6.07) is 0. The number of H-pyrrole nitrogens is 1. The number of hydrogen-bond donors (Lipinski definition) is 2. The van der Waals surface area contributed by atoms with E-state index in [4.69, 9.17) is 5.73 Å². The first-order chi connectivity index (χ1) is 9.63. The SMILES string of the molecule is Cc1nn(C)c(C)c1-c1cnc(CCCCCCN)[nH]1. The highest BCUT2D eigenvalue weighted by Crippen LogP contribution is 2.24. The van der Waals surface area contributed by atoms with Gasteiger partial charge in [-0.3, -0.25) is 4.68 Å². The first-order valence-electron chi connectivity index (χ1n) is 7.38. The van der Waals surface area contributed by atoms with E-state index in [1.807, 2.05) is 24.9 Å². The fourth-order valence-corrected chi connectivity index (χ4v) is 2.57. The highest BCUT2D eigenvalue weighted by atomic mass is 15.3. The van der Waals surface area contributed by atoms with Crippen LogP contribution < -0.4 is 5.73 Å². The summed E-state index contributed by atoms with van der Waals surface area (Å²) in [5, 5.41) is 4.45. The lowest BCUT2D eigenvalue weighted by atomic mass is 10.1. The predicted molar refractivity (Wildman–Crippen MR) is 81.5 cm³/mol. The molecule has 5 nitrogen and oxygen atoms in total. The molecule has 0 bridgehead atoms. The standard InChI is InChI=1S/C15H25N5/c1-11-15(12(2)20(3)19-11)13-10-17-14(18-13)8-6-4-5-7-9-16/h10H,4-9,16H2,1-3H3,(H,17,18). The maximum absolute atomic E-state index is 5.49. The largest absolute Gasteiger partial charge is 0.342 e. The minimum atomic E-state index is 0.796. The first-order valence-corrected chi connectivity index (χ1v) is 7.38. The number of hydrogen-bond acceptors (Lipinski definition) is 3. The van der Waals surface area contributed by atoms with Gasteiger partial charge in [-0.05, 0) is 33.2 Å². The van der Waals surface area contributed by atoms with E-state index in [1.165, 1.54) is 24.1 Å². The van der Waals surface area contributed by atoms with E-state index in [0.29, 0.717) is 0 Å². The zero-order valence-corrected chi connectivity index (χ0v) is 12.7. The van der Waals surface area contributed by atoms with Gasteiger partial charge in [0.2, 0.25) is 0 Å². The van der Waals surface area contributed by atoms with E-state index < -0.39 is 0 Å². The van der Waals surface area contributed by atoms with Crippen LogP contribution in [0, 0.1) is 13.8 Å². The van der Waals surface area contributed by atoms with Gasteiger partial charge in [0.25, 0.3) is 0 Å². The summed E-state index contributed by atoms with van der Waals surface area (Å²) in [6.45, 7) is 4.92. The molecule has 110 valence electrons. The molecule has 0 saturated heterocycles. The molecule has 5 heteroatoms. The van der Waals surface area contributed by atoms with Crippen LogP contribution in [0.25, 0.3) is 11.3 Å². The minimum absolute atomic E-state index is 0.796. The van der Waals surface area contributed by atoms with Gasteiger partial charge in [0, 0.05) is 24.7 Å². The van der Waals surface area contributed by atoms with Crippen molar-refractivity contribution >= 4 is 0 Å². The number of nitrogens with zero attached hydrogens (tertiary/aromatic N) is 3. The maximum Gasteiger partial charge on any atom is 0.106 e. The van der Waals surface area contributed by atoms with Crippen molar-refractivity contribution in [2.24, 2.45) is 12.8 Å². The van der Waals surface area contributed by atoms with E-state index in [-0.39, 0.29) is 0 Å². The van der Waals surface area contributed by atoms with Gasteiger partial charge in [0.15, 0.2) is 0 Å². The number of aromatic amines is 1. The summed E-state index contributed by atoms with van der Waals surface area (Å²) in [5.74, 6) is 1.07. The average molecular weight is 275 g/mol. The summed E-state index contributed by atoms with van der Waals surface area (Å²) < 4.78 is 1.91. The van der Waals surface area contributed by atoms with Crippen molar-refractivity contribution in [3.8, 4) is 11.3 Å². The Morgan fingerprint density at radius 3 is 2.60 bits per heavy atom. The molecule has 0 radical (unpaired) electrons. The molecule has 0 unspecified atom stereocenters. The van der Waals surface area contributed by atoms with Gasteiger partial charge < -0.3 is 10.7 Å². The Labute approximate surface area is 120 Å². The van der Waals surface area contributed by atoms with Crippen molar-refractivity contribution < 1.29 is 0 Å². The molecule has 3 N–H and O–H groups in total. The summed E-state index contributed by atoms with van der Waals surface area (Å²) in [4.78, 5) is 7.91. The lowest BCUT2D eigenvalue weighted by molar-refractivity contribution is 0.638.